The quantitative estimate of drug-likeness (QED) is 0.250. The Bertz CT molecular complexity index is 1230. The highest BCUT2D eigenvalue weighted by Gasteiger charge is 2.34. The highest BCUT2D eigenvalue weighted by atomic mass is 32.2. The summed E-state index contributed by atoms with van der Waals surface area (Å²) in [6.07, 6.45) is 2.51. The van der Waals surface area contributed by atoms with Crippen molar-refractivity contribution in [1.29, 1.82) is 0 Å². The molecule has 1 aliphatic rings. The van der Waals surface area contributed by atoms with Crippen LogP contribution in [0.15, 0.2) is 70.0 Å². The number of hydrogen-bond acceptors (Lipinski definition) is 6. The summed E-state index contributed by atoms with van der Waals surface area (Å²) in [4.78, 5) is 27.2. The lowest BCUT2D eigenvalue weighted by molar-refractivity contribution is -0.113. The number of carbonyl (C=O) groups is 2. The molecule has 1 aliphatic heterocycles. The Morgan fingerprint density at radius 2 is 1.94 bits per heavy atom. The van der Waals surface area contributed by atoms with Gasteiger partial charge in [-0.05, 0) is 49.2 Å². The monoisotopic (exact) mass is 463 g/mol. The van der Waals surface area contributed by atoms with Gasteiger partial charge in [0.1, 0.15) is 11.5 Å². The maximum Gasteiger partial charge on any atom is 0.338 e. The molecule has 0 aliphatic carbocycles. The van der Waals surface area contributed by atoms with Crippen molar-refractivity contribution in [3.63, 3.8) is 0 Å². The third-order valence-electron chi connectivity index (χ3n) is 4.97. The topological polar surface area (TPSA) is 59.8 Å². The summed E-state index contributed by atoms with van der Waals surface area (Å²) in [6.45, 7) is 4.13. The van der Waals surface area contributed by atoms with Crippen molar-refractivity contribution in [3.05, 3.63) is 82.5 Å². The highest BCUT2D eigenvalue weighted by molar-refractivity contribution is 8.27. The van der Waals surface area contributed by atoms with Gasteiger partial charge in [0.25, 0.3) is 5.91 Å². The van der Waals surface area contributed by atoms with Gasteiger partial charge in [0.15, 0.2) is 4.32 Å². The second-order valence-electron chi connectivity index (χ2n) is 7.00. The van der Waals surface area contributed by atoms with Gasteiger partial charge in [-0.3, -0.25) is 9.69 Å². The number of thiocarbonyl (C=S) groups is 1. The van der Waals surface area contributed by atoms with Crippen LogP contribution in [0.1, 0.15) is 35.5 Å². The molecule has 32 heavy (non-hydrogen) atoms. The molecule has 1 amide bonds. The van der Waals surface area contributed by atoms with E-state index in [4.69, 9.17) is 21.4 Å². The van der Waals surface area contributed by atoms with Crippen LogP contribution in [-0.4, -0.2) is 22.8 Å². The molecular weight excluding hydrogens is 442 g/mol. The molecule has 162 valence electrons. The van der Waals surface area contributed by atoms with Crippen molar-refractivity contribution in [3.8, 4) is 11.3 Å². The van der Waals surface area contributed by atoms with Gasteiger partial charge < -0.3 is 9.15 Å². The number of benzene rings is 2. The Morgan fingerprint density at radius 1 is 1.12 bits per heavy atom. The van der Waals surface area contributed by atoms with E-state index in [1.54, 1.807) is 42.2 Å². The number of ether oxygens (including phenoxy) is 1. The molecule has 1 aromatic heterocycles. The minimum Gasteiger partial charge on any atom is -0.462 e. The number of rotatable bonds is 6. The van der Waals surface area contributed by atoms with Crippen molar-refractivity contribution in [1.82, 2.24) is 0 Å². The maximum absolute atomic E-state index is 13.1. The minimum atomic E-state index is -0.378. The van der Waals surface area contributed by atoms with Gasteiger partial charge in [-0.15, -0.1) is 0 Å². The lowest BCUT2D eigenvalue weighted by Crippen LogP contribution is -2.28. The van der Waals surface area contributed by atoms with Crippen molar-refractivity contribution < 1.29 is 18.7 Å². The zero-order valence-electron chi connectivity index (χ0n) is 17.7. The van der Waals surface area contributed by atoms with Crippen LogP contribution < -0.4 is 4.90 Å². The summed E-state index contributed by atoms with van der Waals surface area (Å²) in [6, 6.07) is 18.4. The van der Waals surface area contributed by atoms with E-state index >= 15 is 0 Å². The van der Waals surface area contributed by atoms with Crippen LogP contribution in [0.5, 0.6) is 0 Å². The Morgan fingerprint density at radius 3 is 2.72 bits per heavy atom. The van der Waals surface area contributed by atoms with E-state index in [0.29, 0.717) is 32.9 Å². The van der Waals surface area contributed by atoms with Gasteiger partial charge >= 0.3 is 5.97 Å². The van der Waals surface area contributed by atoms with E-state index in [0.717, 1.165) is 23.2 Å². The Labute approximate surface area is 196 Å². The average Bonchev–Trinajstić information content (AvgIpc) is 3.38. The Kier molecular flexibility index (Phi) is 6.58. The van der Waals surface area contributed by atoms with E-state index < -0.39 is 0 Å². The third kappa shape index (κ3) is 4.40. The number of amides is 1. The SMILES string of the molecule is CCOC(=O)c1cccc(-c2ccc(/C=C3/SC(=S)N(c4ccccc4CC)C3=O)o2)c1. The van der Waals surface area contributed by atoms with Crippen LogP contribution in [0, 0.1) is 0 Å². The second-order valence-corrected chi connectivity index (χ2v) is 8.68. The molecule has 2 aromatic carbocycles. The van der Waals surface area contributed by atoms with Crippen LogP contribution in [0.3, 0.4) is 0 Å². The normalized spacial score (nSPS) is 14.9. The maximum atomic E-state index is 13.1. The largest absolute Gasteiger partial charge is 0.462 e. The first-order valence-corrected chi connectivity index (χ1v) is 11.5. The number of carbonyl (C=O) groups excluding carboxylic acids is 2. The lowest BCUT2D eigenvalue weighted by atomic mass is 10.1. The highest BCUT2D eigenvalue weighted by Crippen LogP contribution is 2.38. The number of esters is 1. The fourth-order valence-corrected chi connectivity index (χ4v) is 4.70. The smallest absolute Gasteiger partial charge is 0.338 e. The fraction of sp³-hybridized carbons (Fsp3) is 0.160. The fourth-order valence-electron chi connectivity index (χ4n) is 3.43. The lowest BCUT2D eigenvalue weighted by Gasteiger charge is -2.17. The minimum absolute atomic E-state index is 0.164. The van der Waals surface area contributed by atoms with Gasteiger partial charge in [-0.25, -0.2) is 4.79 Å². The van der Waals surface area contributed by atoms with Crippen LogP contribution >= 0.6 is 24.0 Å². The molecule has 7 heteroatoms. The first kappa shape index (κ1) is 22.0. The van der Waals surface area contributed by atoms with Crippen molar-refractivity contribution in [2.45, 2.75) is 20.3 Å². The predicted octanol–water partition coefficient (Wildman–Crippen LogP) is 6.09. The first-order chi connectivity index (χ1) is 15.5. The Hall–Kier alpha value is -3.16. The van der Waals surface area contributed by atoms with Crippen molar-refractivity contribution in [2.75, 3.05) is 11.5 Å². The van der Waals surface area contributed by atoms with Crippen LogP contribution in [0.2, 0.25) is 0 Å². The average molecular weight is 464 g/mol. The van der Waals surface area contributed by atoms with E-state index in [-0.39, 0.29) is 11.9 Å². The summed E-state index contributed by atoms with van der Waals surface area (Å²) in [5, 5.41) is 0. The molecule has 0 radical (unpaired) electrons. The first-order valence-electron chi connectivity index (χ1n) is 10.2. The zero-order valence-corrected chi connectivity index (χ0v) is 19.3. The molecule has 2 heterocycles. The molecule has 5 nitrogen and oxygen atoms in total. The predicted molar refractivity (Wildman–Crippen MR) is 132 cm³/mol. The molecule has 3 aromatic rings. The molecule has 0 saturated carbocycles. The van der Waals surface area contributed by atoms with E-state index in [1.807, 2.05) is 43.3 Å². The number of aryl methyl sites for hydroxylation is 1. The number of nitrogens with zero attached hydrogens (tertiary/aromatic N) is 1. The van der Waals surface area contributed by atoms with Gasteiger partial charge in [-0.2, -0.15) is 0 Å². The molecule has 1 fully saturated rings. The molecule has 0 bridgehead atoms. The molecule has 0 N–H and O–H groups in total. The summed E-state index contributed by atoms with van der Waals surface area (Å²) in [5.74, 6) is 0.584. The van der Waals surface area contributed by atoms with E-state index in [9.17, 15) is 9.59 Å². The number of thioether (sulfide) groups is 1. The Balaban J connectivity index is 1.59. The molecule has 1 saturated heterocycles. The van der Waals surface area contributed by atoms with Crippen LogP contribution in [-0.2, 0) is 16.0 Å². The second kappa shape index (κ2) is 9.54. The van der Waals surface area contributed by atoms with Gasteiger partial charge in [0.05, 0.1) is 22.8 Å². The molecule has 0 unspecified atom stereocenters. The summed E-state index contributed by atoms with van der Waals surface area (Å²) >= 11 is 6.75. The van der Waals surface area contributed by atoms with Crippen molar-refractivity contribution in [2.24, 2.45) is 0 Å². The number of anilines is 1. The third-order valence-corrected chi connectivity index (χ3v) is 6.27. The van der Waals surface area contributed by atoms with Gasteiger partial charge in [-0.1, -0.05) is 61.2 Å². The van der Waals surface area contributed by atoms with Gasteiger partial charge in [0.2, 0.25) is 0 Å². The zero-order chi connectivity index (χ0) is 22.7. The summed E-state index contributed by atoms with van der Waals surface area (Å²) < 4.78 is 11.5. The molecule has 4 rings (SSSR count). The molecule has 0 spiro atoms. The van der Waals surface area contributed by atoms with Crippen molar-refractivity contribution >= 4 is 51.9 Å². The van der Waals surface area contributed by atoms with E-state index in [1.165, 1.54) is 11.8 Å². The number of furan rings is 1. The summed E-state index contributed by atoms with van der Waals surface area (Å²) in [7, 11) is 0. The molecular formula is C25H21NO4S2. The standard InChI is InChI=1S/C25H21NO4S2/c1-3-16-8-5-6-11-20(16)26-23(27)22(32-25(26)31)15-19-12-13-21(30-19)17-9-7-10-18(14-17)24(28)29-4-2/h5-15H,3-4H2,1-2H3/b22-15+. The van der Waals surface area contributed by atoms with E-state index in [2.05, 4.69) is 0 Å². The number of para-hydroxylation sites is 1. The van der Waals surface area contributed by atoms with Crippen LogP contribution in [0.4, 0.5) is 5.69 Å². The number of hydrogen-bond donors (Lipinski definition) is 0. The van der Waals surface area contributed by atoms with Gasteiger partial charge in [0, 0.05) is 11.6 Å². The van der Waals surface area contributed by atoms with Crippen LogP contribution in [0.25, 0.3) is 17.4 Å². The summed E-state index contributed by atoms with van der Waals surface area (Å²) in [5.41, 5.74) is 3.08. The molecule has 0 atom stereocenters.